The number of benzene rings is 2. The summed E-state index contributed by atoms with van der Waals surface area (Å²) in [5, 5.41) is 10.7. The molecule has 0 unspecified atom stereocenters. The van der Waals surface area contributed by atoms with Crippen LogP contribution in [0.25, 0.3) is 5.69 Å². The fraction of sp³-hybridized carbons (Fsp3) is 0.261. The summed E-state index contributed by atoms with van der Waals surface area (Å²) in [7, 11) is 0. The summed E-state index contributed by atoms with van der Waals surface area (Å²) in [4.78, 5) is 25.1. The standard InChI is InChI=1S/C23H25ClN4O2/c1-14(2)12-25-22(29)17-8-9-21(15(3)10-17)27-23(30)20-13-26-28(16(20)4)19-7-5-6-18(24)11-19/h5-11,13-14H,12H2,1-4H3,(H,25,29)(H,27,30). The van der Waals surface area contributed by atoms with Crippen molar-refractivity contribution < 1.29 is 9.59 Å². The number of amides is 2. The van der Waals surface area contributed by atoms with Crippen LogP contribution in [0.1, 0.15) is 45.8 Å². The Morgan fingerprint density at radius 1 is 1.10 bits per heavy atom. The van der Waals surface area contributed by atoms with E-state index < -0.39 is 0 Å². The third kappa shape index (κ3) is 4.89. The molecule has 2 aromatic carbocycles. The van der Waals surface area contributed by atoms with Crippen LogP contribution in [-0.4, -0.2) is 28.1 Å². The first-order valence-corrected chi connectivity index (χ1v) is 10.1. The number of carbonyl (C=O) groups excluding carboxylic acids is 2. The number of nitrogens with one attached hydrogen (secondary N) is 2. The van der Waals surface area contributed by atoms with E-state index >= 15 is 0 Å². The van der Waals surface area contributed by atoms with Gasteiger partial charge in [0.15, 0.2) is 0 Å². The average molecular weight is 425 g/mol. The maximum Gasteiger partial charge on any atom is 0.259 e. The quantitative estimate of drug-likeness (QED) is 0.597. The summed E-state index contributed by atoms with van der Waals surface area (Å²) in [6.45, 7) is 8.39. The van der Waals surface area contributed by atoms with Crippen molar-refractivity contribution in [1.29, 1.82) is 0 Å². The van der Waals surface area contributed by atoms with Gasteiger partial charge in [-0.2, -0.15) is 5.10 Å². The summed E-state index contributed by atoms with van der Waals surface area (Å²) in [5.74, 6) is -0.00566. The maximum absolute atomic E-state index is 12.8. The highest BCUT2D eigenvalue weighted by Crippen LogP contribution is 2.21. The van der Waals surface area contributed by atoms with Crippen LogP contribution in [0.3, 0.4) is 0 Å². The highest BCUT2D eigenvalue weighted by atomic mass is 35.5. The molecule has 0 atom stereocenters. The fourth-order valence-electron chi connectivity index (χ4n) is 3.03. The molecule has 0 spiro atoms. The molecule has 0 aliphatic carbocycles. The topological polar surface area (TPSA) is 76.0 Å². The summed E-state index contributed by atoms with van der Waals surface area (Å²) in [6, 6.07) is 12.5. The lowest BCUT2D eigenvalue weighted by atomic mass is 10.1. The Morgan fingerprint density at radius 2 is 1.87 bits per heavy atom. The van der Waals surface area contributed by atoms with Crippen molar-refractivity contribution in [1.82, 2.24) is 15.1 Å². The van der Waals surface area contributed by atoms with Crippen LogP contribution in [0.2, 0.25) is 5.02 Å². The Kier molecular flexibility index (Phi) is 6.57. The zero-order valence-corrected chi connectivity index (χ0v) is 18.2. The highest BCUT2D eigenvalue weighted by Gasteiger charge is 2.17. The first kappa shape index (κ1) is 21.6. The van der Waals surface area contributed by atoms with Gasteiger partial charge in [0.25, 0.3) is 11.8 Å². The number of anilines is 1. The van der Waals surface area contributed by atoms with Gasteiger partial charge in [0.2, 0.25) is 0 Å². The number of nitrogens with zero attached hydrogens (tertiary/aromatic N) is 2. The largest absolute Gasteiger partial charge is 0.352 e. The lowest BCUT2D eigenvalue weighted by molar-refractivity contribution is 0.0948. The van der Waals surface area contributed by atoms with Crippen LogP contribution in [0.5, 0.6) is 0 Å². The van der Waals surface area contributed by atoms with Gasteiger partial charge in [-0.1, -0.05) is 31.5 Å². The molecule has 0 saturated heterocycles. The summed E-state index contributed by atoms with van der Waals surface area (Å²) in [5.41, 5.74) is 3.98. The Labute approximate surface area is 181 Å². The minimum Gasteiger partial charge on any atom is -0.352 e. The zero-order valence-electron chi connectivity index (χ0n) is 17.5. The Balaban J connectivity index is 1.76. The van der Waals surface area contributed by atoms with E-state index in [0.29, 0.717) is 40.0 Å². The van der Waals surface area contributed by atoms with E-state index in [1.54, 1.807) is 35.0 Å². The molecule has 156 valence electrons. The SMILES string of the molecule is Cc1cc(C(=O)NCC(C)C)ccc1NC(=O)c1cnn(-c2cccc(Cl)c2)c1C. The Morgan fingerprint density at radius 3 is 2.53 bits per heavy atom. The van der Waals surface area contributed by atoms with Gasteiger partial charge in [-0.05, 0) is 61.7 Å². The lowest BCUT2D eigenvalue weighted by Gasteiger charge is -2.12. The van der Waals surface area contributed by atoms with E-state index in [1.165, 1.54) is 6.20 Å². The summed E-state index contributed by atoms with van der Waals surface area (Å²) < 4.78 is 1.68. The Hall–Kier alpha value is -3.12. The predicted octanol–water partition coefficient (Wildman–Crippen LogP) is 4.78. The van der Waals surface area contributed by atoms with Crippen molar-refractivity contribution >= 4 is 29.1 Å². The van der Waals surface area contributed by atoms with E-state index in [4.69, 9.17) is 11.6 Å². The molecular weight excluding hydrogens is 400 g/mol. The first-order chi connectivity index (χ1) is 14.3. The van der Waals surface area contributed by atoms with E-state index in [2.05, 4.69) is 15.7 Å². The molecule has 0 aliphatic heterocycles. The van der Waals surface area contributed by atoms with E-state index in [1.807, 2.05) is 39.8 Å². The molecule has 1 aromatic heterocycles. The molecule has 6 nitrogen and oxygen atoms in total. The number of hydrogen-bond acceptors (Lipinski definition) is 3. The molecular formula is C23H25ClN4O2. The molecule has 1 heterocycles. The fourth-order valence-corrected chi connectivity index (χ4v) is 3.22. The molecule has 7 heteroatoms. The predicted molar refractivity (Wildman–Crippen MR) is 120 cm³/mol. The van der Waals surface area contributed by atoms with Gasteiger partial charge in [0, 0.05) is 22.8 Å². The van der Waals surface area contributed by atoms with Crippen molar-refractivity contribution in [2.45, 2.75) is 27.7 Å². The van der Waals surface area contributed by atoms with E-state index in [-0.39, 0.29) is 11.8 Å². The monoisotopic (exact) mass is 424 g/mol. The second kappa shape index (κ2) is 9.13. The van der Waals surface area contributed by atoms with Gasteiger partial charge in [-0.3, -0.25) is 9.59 Å². The van der Waals surface area contributed by atoms with Gasteiger partial charge in [-0.15, -0.1) is 0 Å². The van der Waals surface area contributed by atoms with Gasteiger partial charge in [-0.25, -0.2) is 4.68 Å². The molecule has 30 heavy (non-hydrogen) atoms. The zero-order chi connectivity index (χ0) is 21.8. The van der Waals surface area contributed by atoms with Crippen LogP contribution in [-0.2, 0) is 0 Å². The minimum absolute atomic E-state index is 0.122. The molecule has 2 amide bonds. The second-order valence-electron chi connectivity index (χ2n) is 7.62. The maximum atomic E-state index is 12.8. The molecule has 0 radical (unpaired) electrons. The average Bonchev–Trinajstić information content (AvgIpc) is 3.09. The minimum atomic E-state index is -0.263. The smallest absolute Gasteiger partial charge is 0.259 e. The van der Waals surface area contributed by atoms with E-state index in [9.17, 15) is 9.59 Å². The first-order valence-electron chi connectivity index (χ1n) is 9.77. The van der Waals surface area contributed by atoms with Crippen molar-refractivity contribution in [3.8, 4) is 5.69 Å². The molecule has 0 bridgehead atoms. The number of hydrogen-bond donors (Lipinski definition) is 2. The van der Waals surface area contributed by atoms with Gasteiger partial charge < -0.3 is 10.6 Å². The van der Waals surface area contributed by atoms with Crippen LogP contribution >= 0.6 is 11.6 Å². The summed E-state index contributed by atoms with van der Waals surface area (Å²) in [6.07, 6.45) is 1.54. The number of rotatable bonds is 6. The third-order valence-electron chi connectivity index (χ3n) is 4.71. The number of aromatic nitrogens is 2. The second-order valence-corrected chi connectivity index (χ2v) is 8.06. The molecule has 3 rings (SSSR count). The van der Waals surface area contributed by atoms with Crippen molar-refractivity contribution in [2.75, 3.05) is 11.9 Å². The van der Waals surface area contributed by atoms with Crippen LogP contribution in [0.15, 0.2) is 48.7 Å². The number of carbonyl (C=O) groups is 2. The van der Waals surface area contributed by atoms with Crippen molar-refractivity contribution in [3.05, 3.63) is 76.1 Å². The van der Waals surface area contributed by atoms with Gasteiger partial charge >= 0.3 is 0 Å². The highest BCUT2D eigenvalue weighted by molar-refractivity contribution is 6.30. The van der Waals surface area contributed by atoms with Gasteiger partial charge in [0.1, 0.15) is 0 Å². The molecule has 2 N–H and O–H groups in total. The number of halogens is 1. The molecule has 0 fully saturated rings. The van der Waals surface area contributed by atoms with Crippen molar-refractivity contribution in [2.24, 2.45) is 5.92 Å². The van der Waals surface area contributed by atoms with Crippen molar-refractivity contribution in [3.63, 3.8) is 0 Å². The van der Waals surface area contributed by atoms with Crippen LogP contribution < -0.4 is 10.6 Å². The van der Waals surface area contributed by atoms with Gasteiger partial charge in [0.05, 0.1) is 23.1 Å². The summed E-state index contributed by atoms with van der Waals surface area (Å²) >= 11 is 6.06. The van der Waals surface area contributed by atoms with Crippen LogP contribution in [0, 0.1) is 19.8 Å². The molecule has 0 saturated carbocycles. The van der Waals surface area contributed by atoms with Crippen LogP contribution in [0.4, 0.5) is 5.69 Å². The third-order valence-corrected chi connectivity index (χ3v) is 4.95. The lowest BCUT2D eigenvalue weighted by Crippen LogP contribution is -2.27. The Bertz CT molecular complexity index is 1090. The molecule has 0 aliphatic rings. The van der Waals surface area contributed by atoms with E-state index in [0.717, 1.165) is 11.3 Å². The normalized spacial score (nSPS) is 10.9. The molecule has 3 aromatic rings. The number of aryl methyl sites for hydroxylation is 1.